The maximum absolute atomic E-state index is 14.0. The molecule has 0 radical (unpaired) electrons. The topological polar surface area (TPSA) is 73.2 Å². The molecule has 2 unspecified atom stereocenters. The molecule has 6 nitrogen and oxygen atoms in total. The molecular formula is C38H41F3N2O4. The van der Waals surface area contributed by atoms with E-state index in [0.29, 0.717) is 38.0 Å². The molecule has 2 fully saturated rings. The number of carbonyl (C=O) groups excluding carboxylic acids is 1. The molecule has 2 heterocycles. The minimum Gasteiger partial charge on any atom is -0.504 e. The van der Waals surface area contributed by atoms with E-state index in [1.807, 2.05) is 38.1 Å². The Kier molecular flexibility index (Phi) is 7.91. The Balaban J connectivity index is 1.23. The molecule has 1 saturated carbocycles. The zero-order valence-corrected chi connectivity index (χ0v) is 26.7. The van der Waals surface area contributed by atoms with Crippen LogP contribution in [0, 0.1) is 5.92 Å². The van der Waals surface area contributed by atoms with Crippen molar-refractivity contribution in [1.82, 2.24) is 9.80 Å². The number of amides is 1. The minimum absolute atomic E-state index is 0.0322. The molecule has 2 aliphatic heterocycles. The molecule has 3 aromatic rings. The van der Waals surface area contributed by atoms with Crippen molar-refractivity contribution in [2.75, 3.05) is 19.6 Å². The van der Waals surface area contributed by atoms with Gasteiger partial charge in [-0.2, -0.15) is 13.2 Å². The van der Waals surface area contributed by atoms with E-state index >= 15 is 0 Å². The van der Waals surface area contributed by atoms with Gasteiger partial charge in [-0.05, 0) is 85.5 Å². The number of carbonyl (C=O) groups is 1. The molecular weight excluding hydrogens is 605 g/mol. The first kappa shape index (κ1) is 31.8. The van der Waals surface area contributed by atoms with Gasteiger partial charge in [-0.1, -0.05) is 62.4 Å². The first-order valence-corrected chi connectivity index (χ1v) is 16.6. The third-order valence-electron chi connectivity index (χ3n) is 10.9. The maximum Gasteiger partial charge on any atom is 0.416 e. The zero-order valence-electron chi connectivity index (χ0n) is 26.7. The van der Waals surface area contributed by atoms with Crippen molar-refractivity contribution >= 4 is 12.0 Å². The van der Waals surface area contributed by atoms with Crippen LogP contribution in [0.4, 0.5) is 13.2 Å². The number of aromatic hydroxyl groups is 1. The van der Waals surface area contributed by atoms with E-state index in [1.165, 1.54) is 23.8 Å². The fourth-order valence-corrected chi connectivity index (χ4v) is 8.97. The van der Waals surface area contributed by atoms with Crippen LogP contribution in [0.25, 0.3) is 6.08 Å². The standard InChI is InChI=1S/C38H41F3N2O4/c1-24(2)23-43(32(45)14-11-26-9-6-10-28(21-26)38(39,40)41)29-15-17-37(46)31-22-27-12-13-30(44)34-33(27)36(37,35(29)47-34)18-20-42(31)19-16-25-7-4-3-5-8-25/h3-14,21,24,29,31,35,44,46H,15-20,22-23H2,1-2H3/t29?,31-,35?,36+,37-/m1/s1. The lowest BCUT2D eigenvalue weighted by molar-refractivity contribution is -0.201. The lowest BCUT2D eigenvalue weighted by Crippen LogP contribution is -2.78. The van der Waals surface area contributed by atoms with Crippen molar-refractivity contribution in [2.45, 2.75) is 81.3 Å². The summed E-state index contributed by atoms with van der Waals surface area (Å²) >= 11 is 0. The van der Waals surface area contributed by atoms with Crippen LogP contribution in [0.15, 0.2) is 72.8 Å². The number of phenols is 1. The van der Waals surface area contributed by atoms with Crippen molar-refractivity contribution in [3.8, 4) is 11.5 Å². The SMILES string of the molecule is CC(C)CN(C(=O)C=Cc1cccc(C(F)(F)F)c1)C1CC[C@@]2(O)[C@H]3Cc4ccc(O)c5c4[C@@]2(CCN3CCc2ccccc2)C1O5. The van der Waals surface area contributed by atoms with E-state index in [2.05, 4.69) is 17.0 Å². The lowest BCUT2D eigenvalue weighted by atomic mass is 9.48. The Hall–Kier alpha value is -3.82. The highest BCUT2D eigenvalue weighted by molar-refractivity contribution is 5.92. The first-order valence-electron chi connectivity index (χ1n) is 16.6. The molecule has 5 atom stereocenters. The highest BCUT2D eigenvalue weighted by Gasteiger charge is 2.73. The van der Waals surface area contributed by atoms with Crippen molar-refractivity contribution in [2.24, 2.45) is 5.92 Å². The van der Waals surface area contributed by atoms with Crippen LogP contribution in [-0.2, 0) is 29.2 Å². The summed E-state index contributed by atoms with van der Waals surface area (Å²) in [6.07, 6.45) is 0.773. The van der Waals surface area contributed by atoms with Crippen LogP contribution >= 0.6 is 0 Å². The zero-order chi connectivity index (χ0) is 33.1. The second-order valence-corrected chi connectivity index (χ2v) is 14.1. The number of phenolic OH excluding ortho intramolecular Hbond substituents is 1. The molecule has 3 aromatic carbocycles. The molecule has 2 N–H and O–H groups in total. The summed E-state index contributed by atoms with van der Waals surface area (Å²) in [7, 11) is 0. The summed E-state index contributed by atoms with van der Waals surface area (Å²) in [5, 5.41) is 24.0. The number of piperidine rings is 1. The van der Waals surface area contributed by atoms with Gasteiger partial charge in [0.25, 0.3) is 0 Å². The molecule has 2 bridgehead atoms. The molecule has 47 heavy (non-hydrogen) atoms. The molecule has 1 amide bonds. The van der Waals surface area contributed by atoms with E-state index in [0.717, 1.165) is 42.8 Å². The van der Waals surface area contributed by atoms with Gasteiger partial charge in [0.1, 0.15) is 6.10 Å². The van der Waals surface area contributed by atoms with Crippen LogP contribution in [0.2, 0.25) is 0 Å². The Morgan fingerprint density at radius 2 is 1.89 bits per heavy atom. The Labute approximate surface area is 273 Å². The number of alkyl halides is 3. The van der Waals surface area contributed by atoms with E-state index in [1.54, 1.807) is 17.0 Å². The summed E-state index contributed by atoms with van der Waals surface area (Å²) in [5.41, 5.74) is 0.755. The summed E-state index contributed by atoms with van der Waals surface area (Å²) in [4.78, 5) is 18.2. The highest BCUT2D eigenvalue weighted by atomic mass is 19.4. The lowest BCUT2D eigenvalue weighted by Gasteiger charge is -2.65. The highest BCUT2D eigenvalue weighted by Crippen LogP contribution is 2.66. The number of aliphatic hydroxyl groups is 1. The average Bonchev–Trinajstić information content (AvgIpc) is 3.40. The first-order chi connectivity index (χ1) is 22.4. The van der Waals surface area contributed by atoms with Crippen LogP contribution in [0.3, 0.4) is 0 Å². The van der Waals surface area contributed by atoms with Gasteiger partial charge in [-0.25, -0.2) is 0 Å². The van der Waals surface area contributed by atoms with Gasteiger partial charge in [0.05, 0.1) is 22.6 Å². The smallest absolute Gasteiger partial charge is 0.416 e. The predicted molar refractivity (Wildman–Crippen MR) is 173 cm³/mol. The van der Waals surface area contributed by atoms with Gasteiger partial charge >= 0.3 is 6.18 Å². The van der Waals surface area contributed by atoms with Crippen molar-refractivity contribution in [3.05, 3.63) is 101 Å². The molecule has 7 rings (SSSR count). The number of benzene rings is 3. The number of nitrogens with zero attached hydrogens (tertiary/aromatic N) is 2. The average molecular weight is 647 g/mol. The van der Waals surface area contributed by atoms with E-state index in [4.69, 9.17) is 4.74 Å². The van der Waals surface area contributed by atoms with E-state index in [-0.39, 0.29) is 29.2 Å². The molecule has 248 valence electrons. The fourth-order valence-electron chi connectivity index (χ4n) is 8.97. The van der Waals surface area contributed by atoms with Crippen molar-refractivity contribution in [1.29, 1.82) is 0 Å². The second-order valence-electron chi connectivity index (χ2n) is 14.1. The van der Waals surface area contributed by atoms with Gasteiger partial charge in [0.15, 0.2) is 11.5 Å². The van der Waals surface area contributed by atoms with Crippen LogP contribution < -0.4 is 4.74 Å². The second kappa shape index (κ2) is 11.7. The molecule has 0 aromatic heterocycles. The molecule has 2 aliphatic carbocycles. The molecule has 4 aliphatic rings. The molecule has 9 heteroatoms. The van der Waals surface area contributed by atoms with Gasteiger partial charge in [-0.15, -0.1) is 0 Å². The van der Waals surface area contributed by atoms with Crippen molar-refractivity contribution in [3.63, 3.8) is 0 Å². The third kappa shape index (κ3) is 5.22. The van der Waals surface area contributed by atoms with Crippen LogP contribution in [0.5, 0.6) is 11.5 Å². The number of hydrogen-bond donors (Lipinski definition) is 2. The quantitative estimate of drug-likeness (QED) is 0.278. The predicted octanol–water partition coefficient (Wildman–Crippen LogP) is 6.37. The fraction of sp³-hybridized carbons (Fsp3) is 0.447. The molecule has 1 spiro atoms. The van der Waals surface area contributed by atoms with E-state index < -0.39 is 34.9 Å². The monoisotopic (exact) mass is 646 g/mol. The summed E-state index contributed by atoms with van der Waals surface area (Å²) < 4.78 is 46.7. The number of ether oxygens (including phenoxy) is 1. The third-order valence-corrected chi connectivity index (χ3v) is 10.9. The maximum atomic E-state index is 14.0. The van der Waals surface area contributed by atoms with Gasteiger partial charge in [0.2, 0.25) is 5.91 Å². The summed E-state index contributed by atoms with van der Waals surface area (Å²) in [5.74, 6) is 0.223. The minimum atomic E-state index is -4.48. The summed E-state index contributed by atoms with van der Waals surface area (Å²) in [6, 6.07) is 18.3. The van der Waals surface area contributed by atoms with Gasteiger partial charge < -0.3 is 19.8 Å². The van der Waals surface area contributed by atoms with Gasteiger partial charge in [-0.3, -0.25) is 9.69 Å². The number of likely N-dealkylation sites (tertiary alicyclic amines) is 1. The number of halogens is 3. The van der Waals surface area contributed by atoms with Crippen LogP contribution in [0.1, 0.15) is 60.9 Å². The van der Waals surface area contributed by atoms with Crippen molar-refractivity contribution < 1.29 is 32.9 Å². The number of rotatable bonds is 8. The van der Waals surface area contributed by atoms with E-state index in [9.17, 15) is 28.2 Å². The normalized spacial score (nSPS) is 27.9. The van der Waals surface area contributed by atoms with Crippen LogP contribution in [-0.4, -0.2) is 69.3 Å². The Bertz CT molecular complexity index is 1690. The summed E-state index contributed by atoms with van der Waals surface area (Å²) in [6.45, 7) is 6.00. The Morgan fingerprint density at radius 1 is 1.11 bits per heavy atom. The van der Waals surface area contributed by atoms with Gasteiger partial charge in [0, 0.05) is 30.8 Å². The Morgan fingerprint density at radius 3 is 2.64 bits per heavy atom. The largest absolute Gasteiger partial charge is 0.504 e. The number of hydrogen-bond acceptors (Lipinski definition) is 5. The molecule has 1 saturated heterocycles.